The van der Waals surface area contributed by atoms with E-state index in [0.29, 0.717) is 0 Å². The van der Waals surface area contributed by atoms with E-state index in [1.54, 1.807) is 6.92 Å². The summed E-state index contributed by atoms with van der Waals surface area (Å²) in [7, 11) is -8.17. The molecule has 1 rings (SSSR count). The van der Waals surface area contributed by atoms with Crippen LogP contribution in [-0.2, 0) is 47.7 Å². The Bertz CT molecular complexity index is 684. The number of rotatable bonds is 8. The zero-order valence-electron chi connectivity index (χ0n) is 13.5. The average Bonchev–Trinajstić information content (AvgIpc) is 2.40. The molecule has 0 aromatic rings. The maximum atomic E-state index is 11.9. The molecule has 13 heteroatoms. The van der Waals surface area contributed by atoms with Gasteiger partial charge in [0.15, 0.2) is 17.9 Å². The third-order valence-electron chi connectivity index (χ3n) is 2.47. The molecule has 0 radical (unpaired) electrons. The van der Waals surface area contributed by atoms with E-state index in [2.05, 4.69) is 5.16 Å². The van der Waals surface area contributed by atoms with Crippen molar-refractivity contribution in [2.45, 2.75) is 32.3 Å². The van der Waals surface area contributed by atoms with Gasteiger partial charge in [0.25, 0.3) is 26.5 Å². The van der Waals surface area contributed by atoms with Gasteiger partial charge in [-0.1, -0.05) is 5.16 Å². The maximum absolute atomic E-state index is 11.9. The zero-order chi connectivity index (χ0) is 18.5. The number of carbonyl (C=O) groups is 1. The lowest BCUT2D eigenvalue weighted by atomic mass is 10.1. The zero-order valence-corrected chi connectivity index (χ0v) is 15.1. The van der Waals surface area contributed by atoms with Gasteiger partial charge >= 0.3 is 5.97 Å². The summed E-state index contributed by atoms with van der Waals surface area (Å²) in [6, 6.07) is 0. The van der Waals surface area contributed by atoms with Crippen LogP contribution < -0.4 is 0 Å². The van der Waals surface area contributed by atoms with Crippen LogP contribution in [0.4, 0.5) is 0 Å². The molecule has 0 bridgehead atoms. The highest BCUT2D eigenvalue weighted by atomic mass is 32.2. The van der Waals surface area contributed by atoms with Crippen LogP contribution in [0.2, 0.25) is 0 Å². The summed E-state index contributed by atoms with van der Waals surface area (Å²) in [6.45, 7) is 3.14. The molecule has 1 aliphatic heterocycles. The van der Waals surface area contributed by atoms with Crippen LogP contribution >= 0.6 is 0 Å². The minimum Gasteiger partial charge on any atom is -0.461 e. The van der Waals surface area contributed by atoms with E-state index >= 15 is 0 Å². The van der Waals surface area contributed by atoms with Gasteiger partial charge in [0.1, 0.15) is 0 Å². The van der Waals surface area contributed by atoms with Crippen LogP contribution in [0.1, 0.15) is 13.8 Å². The number of hydrogen-bond acceptors (Lipinski definition) is 11. The highest BCUT2D eigenvalue weighted by molar-refractivity contribution is 7.86. The first-order valence-electron chi connectivity index (χ1n) is 6.77. The van der Waals surface area contributed by atoms with Crippen molar-refractivity contribution < 1.29 is 44.3 Å². The number of esters is 1. The second-order valence-corrected chi connectivity index (χ2v) is 7.81. The predicted molar refractivity (Wildman–Crippen MR) is 80.0 cm³/mol. The smallest absolute Gasteiger partial charge is 0.359 e. The first kappa shape index (κ1) is 20.8. The summed E-state index contributed by atoms with van der Waals surface area (Å²) < 4.78 is 65.4. The van der Waals surface area contributed by atoms with Gasteiger partial charge in [-0.05, 0) is 13.8 Å². The third kappa shape index (κ3) is 6.32. The quantitative estimate of drug-likeness (QED) is 0.374. The van der Waals surface area contributed by atoms with Crippen molar-refractivity contribution in [1.82, 2.24) is 0 Å². The van der Waals surface area contributed by atoms with Gasteiger partial charge in [-0.3, -0.25) is 8.37 Å². The van der Waals surface area contributed by atoms with E-state index in [0.717, 1.165) is 12.5 Å². The van der Waals surface area contributed by atoms with Crippen molar-refractivity contribution in [2.24, 2.45) is 5.16 Å². The Kier molecular flexibility index (Phi) is 7.10. The van der Waals surface area contributed by atoms with Crippen LogP contribution in [0, 0.1) is 0 Å². The van der Waals surface area contributed by atoms with Crippen molar-refractivity contribution in [1.29, 1.82) is 0 Å². The minimum absolute atomic E-state index is 0.0318. The Labute approximate surface area is 140 Å². The van der Waals surface area contributed by atoms with Crippen LogP contribution in [0.3, 0.4) is 0 Å². The molecule has 0 aromatic heterocycles. The van der Waals surface area contributed by atoms with E-state index in [1.807, 2.05) is 0 Å². The van der Waals surface area contributed by atoms with Crippen molar-refractivity contribution in [3.63, 3.8) is 0 Å². The molecular weight excluding hydrogens is 370 g/mol. The minimum atomic E-state index is -4.11. The largest absolute Gasteiger partial charge is 0.461 e. The van der Waals surface area contributed by atoms with Gasteiger partial charge in [0.2, 0.25) is 0 Å². The monoisotopic (exact) mass is 389 g/mol. The molecule has 1 aliphatic rings. The summed E-state index contributed by atoms with van der Waals surface area (Å²) in [5.74, 6) is -1.04. The Morgan fingerprint density at radius 2 is 1.67 bits per heavy atom. The van der Waals surface area contributed by atoms with Crippen LogP contribution in [0.25, 0.3) is 0 Å². The average molecular weight is 389 g/mol. The Morgan fingerprint density at radius 3 is 2.12 bits per heavy atom. The number of ether oxygens (including phenoxy) is 2. The van der Waals surface area contributed by atoms with Crippen LogP contribution in [0.15, 0.2) is 5.16 Å². The number of nitrogens with zero attached hydrogens (tertiary/aromatic N) is 1. The molecule has 0 unspecified atom stereocenters. The molecule has 11 nitrogen and oxygen atoms in total. The standard InChI is InChI=1S/C11H19NO10S2/c1-5-18-10(13)7-8(21-23(3,14)15)9(22-24(4,16)17)11(19-6-2)20-12-7/h8-9,11H,5-6H2,1-4H3/t8-,9-,11-/m1/s1. The fourth-order valence-corrected chi connectivity index (χ4v) is 2.93. The second-order valence-electron chi connectivity index (χ2n) is 4.61. The molecule has 0 amide bonds. The van der Waals surface area contributed by atoms with Gasteiger partial charge in [-0.2, -0.15) is 16.8 Å². The lowest BCUT2D eigenvalue weighted by Gasteiger charge is -2.33. The Hall–Kier alpha value is -1.28. The van der Waals surface area contributed by atoms with E-state index in [4.69, 9.17) is 22.7 Å². The fraction of sp³-hybridized carbons (Fsp3) is 0.818. The summed E-state index contributed by atoms with van der Waals surface area (Å²) in [6.07, 6.45) is -3.29. The van der Waals surface area contributed by atoms with Crippen molar-refractivity contribution in [2.75, 3.05) is 25.7 Å². The first-order chi connectivity index (χ1) is 11.0. The normalized spacial score (nSPS) is 24.8. The third-order valence-corrected chi connectivity index (χ3v) is 3.60. The molecule has 0 aromatic carbocycles. The molecule has 0 spiro atoms. The molecule has 0 aliphatic carbocycles. The fourth-order valence-electron chi connectivity index (χ4n) is 1.75. The second kappa shape index (κ2) is 8.20. The van der Waals surface area contributed by atoms with E-state index in [-0.39, 0.29) is 13.2 Å². The molecular formula is C11H19NO10S2. The Morgan fingerprint density at radius 1 is 1.08 bits per heavy atom. The maximum Gasteiger partial charge on any atom is 0.359 e. The molecule has 0 N–H and O–H groups in total. The molecule has 1 heterocycles. The van der Waals surface area contributed by atoms with E-state index < -0.39 is 50.4 Å². The van der Waals surface area contributed by atoms with Gasteiger partial charge < -0.3 is 14.3 Å². The number of carbonyl (C=O) groups excluding carboxylic acids is 1. The molecule has 0 saturated carbocycles. The molecule has 24 heavy (non-hydrogen) atoms. The van der Waals surface area contributed by atoms with Gasteiger partial charge in [0, 0.05) is 6.61 Å². The van der Waals surface area contributed by atoms with Crippen LogP contribution in [0.5, 0.6) is 0 Å². The van der Waals surface area contributed by atoms with E-state index in [9.17, 15) is 21.6 Å². The first-order valence-corrected chi connectivity index (χ1v) is 10.4. The molecule has 3 atom stereocenters. The number of oxime groups is 1. The Balaban J connectivity index is 3.31. The van der Waals surface area contributed by atoms with Crippen molar-refractivity contribution in [3.05, 3.63) is 0 Å². The predicted octanol–water partition coefficient (Wildman–Crippen LogP) is -1.01. The lowest BCUT2D eigenvalue weighted by molar-refractivity contribution is -0.206. The SMILES string of the molecule is CCOC(=O)C1=NO[C@@H](OCC)[C@H](OS(C)(=O)=O)[C@@H]1OS(C)(=O)=O. The topological polar surface area (TPSA) is 144 Å². The van der Waals surface area contributed by atoms with Crippen LogP contribution in [-0.4, -0.2) is 72.7 Å². The summed E-state index contributed by atoms with van der Waals surface area (Å²) in [4.78, 5) is 16.8. The highest BCUT2D eigenvalue weighted by Gasteiger charge is 2.48. The van der Waals surface area contributed by atoms with E-state index in [1.165, 1.54) is 6.92 Å². The highest BCUT2D eigenvalue weighted by Crippen LogP contribution is 2.24. The van der Waals surface area contributed by atoms with Gasteiger partial charge in [0.05, 0.1) is 19.1 Å². The molecule has 0 saturated heterocycles. The van der Waals surface area contributed by atoms with Gasteiger partial charge in [-0.25, -0.2) is 4.79 Å². The lowest BCUT2D eigenvalue weighted by Crippen LogP contribution is -2.54. The molecule has 0 fully saturated rings. The molecule has 140 valence electrons. The summed E-state index contributed by atoms with van der Waals surface area (Å²) in [5, 5.41) is 3.45. The summed E-state index contributed by atoms with van der Waals surface area (Å²) in [5.41, 5.74) is -0.591. The van der Waals surface area contributed by atoms with Gasteiger partial charge in [-0.15, -0.1) is 0 Å². The van der Waals surface area contributed by atoms with Crippen molar-refractivity contribution >= 4 is 31.9 Å². The number of hydrogen-bond donors (Lipinski definition) is 0. The summed E-state index contributed by atoms with van der Waals surface area (Å²) >= 11 is 0. The van der Waals surface area contributed by atoms with Crippen molar-refractivity contribution in [3.8, 4) is 0 Å².